The molecule has 0 aliphatic carbocycles. The molecule has 1 unspecified atom stereocenters. The van der Waals surface area contributed by atoms with Crippen molar-refractivity contribution in [2.75, 3.05) is 26.4 Å². The smallest absolute Gasteiger partial charge is 0.115 e. The van der Waals surface area contributed by atoms with E-state index >= 15 is 0 Å². The maximum atomic E-state index is 8.62. The fraction of sp³-hybridized carbons (Fsp3) is 0.375. The van der Waals surface area contributed by atoms with Crippen LogP contribution in [-0.4, -0.2) is 41.4 Å². The molecule has 5 heteroatoms. The number of nitrogens with one attached hydrogen (secondary N) is 1. The Bertz CT molecular complexity index is 517. The number of nitrogens with zero attached hydrogens (tertiary/aromatic N) is 2. The fourth-order valence-electron chi connectivity index (χ4n) is 2.04. The van der Waals surface area contributed by atoms with Gasteiger partial charge in [-0.25, -0.2) is 9.97 Å². The molecule has 0 fully saturated rings. The quantitative estimate of drug-likeness (QED) is 0.725. The number of hydrogen-bond donors (Lipinski definition) is 2. The molecule has 0 amide bonds. The van der Waals surface area contributed by atoms with Crippen LogP contribution in [0.1, 0.15) is 18.5 Å². The fourth-order valence-corrected chi connectivity index (χ4v) is 2.04. The molecular formula is C16H21N3O2. The van der Waals surface area contributed by atoms with Crippen molar-refractivity contribution in [3.8, 4) is 11.1 Å². The van der Waals surface area contributed by atoms with Gasteiger partial charge >= 0.3 is 0 Å². The molecule has 0 spiro atoms. The molecule has 2 N–H and O–H groups in total. The Kier molecular flexibility index (Phi) is 6.27. The summed E-state index contributed by atoms with van der Waals surface area (Å²) in [5.41, 5.74) is 3.35. The molecule has 21 heavy (non-hydrogen) atoms. The molecule has 0 bridgehead atoms. The van der Waals surface area contributed by atoms with Gasteiger partial charge < -0.3 is 15.2 Å². The Morgan fingerprint density at radius 1 is 1.10 bits per heavy atom. The summed E-state index contributed by atoms with van der Waals surface area (Å²) in [6.07, 6.45) is 5.15. The van der Waals surface area contributed by atoms with E-state index in [4.69, 9.17) is 9.84 Å². The zero-order chi connectivity index (χ0) is 14.9. The second kappa shape index (κ2) is 8.46. The van der Waals surface area contributed by atoms with Crippen LogP contribution in [0.5, 0.6) is 0 Å². The van der Waals surface area contributed by atoms with Crippen molar-refractivity contribution >= 4 is 0 Å². The minimum Gasteiger partial charge on any atom is -0.394 e. The zero-order valence-corrected chi connectivity index (χ0v) is 12.2. The molecule has 0 radical (unpaired) electrons. The Hall–Kier alpha value is -1.82. The van der Waals surface area contributed by atoms with Crippen molar-refractivity contribution < 1.29 is 9.84 Å². The highest BCUT2D eigenvalue weighted by molar-refractivity contribution is 5.61. The molecule has 0 saturated carbocycles. The van der Waals surface area contributed by atoms with E-state index in [0.717, 1.165) is 17.7 Å². The van der Waals surface area contributed by atoms with Gasteiger partial charge in [-0.05, 0) is 18.1 Å². The lowest BCUT2D eigenvalue weighted by molar-refractivity contribution is 0.0928. The SMILES string of the molecule is CC(NCCOCCO)c1ccc(-c2cncnc2)cc1. The molecule has 1 aromatic carbocycles. The summed E-state index contributed by atoms with van der Waals surface area (Å²) in [6, 6.07) is 8.62. The molecule has 2 rings (SSSR count). The van der Waals surface area contributed by atoms with Crippen molar-refractivity contribution in [2.45, 2.75) is 13.0 Å². The Balaban J connectivity index is 1.87. The van der Waals surface area contributed by atoms with E-state index in [2.05, 4.69) is 46.5 Å². The van der Waals surface area contributed by atoms with Gasteiger partial charge in [-0.1, -0.05) is 24.3 Å². The third kappa shape index (κ3) is 4.90. The van der Waals surface area contributed by atoms with E-state index in [9.17, 15) is 0 Å². The van der Waals surface area contributed by atoms with Crippen LogP contribution in [0.3, 0.4) is 0 Å². The highest BCUT2D eigenvalue weighted by Gasteiger charge is 2.05. The Morgan fingerprint density at radius 3 is 2.48 bits per heavy atom. The number of ether oxygens (including phenoxy) is 1. The summed E-state index contributed by atoms with van der Waals surface area (Å²) in [4.78, 5) is 8.06. The van der Waals surface area contributed by atoms with Crippen LogP contribution in [0, 0.1) is 0 Å². The van der Waals surface area contributed by atoms with Gasteiger partial charge in [-0.3, -0.25) is 0 Å². The first kappa shape index (κ1) is 15.6. The van der Waals surface area contributed by atoms with Gasteiger partial charge in [0.2, 0.25) is 0 Å². The van der Waals surface area contributed by atoms with E-state index in [1.54, 1.807) is 0 Å². The highest BCUT2D eigenvalue weighted by Crippen LogP contribution is 2.20. The van der Waals surface area contributed by atoms with Crippen LogP contribution in [0.25, 0.3) is 11.1 Å². The first-order valence-electron chi connectivity index (χ1n) is 7.08. The van der Waals surface area contributed by atoms with Crippen LogP contribution < -0.4 is 5.32 Å². The van der Waals surface area contributed by atoms with Crippen molar-refractivity contribution in [3.05, 3.63) is 48.5 Å². The summed E-state index contributed by atoms with van der Waals surface area (Å²) < 4.78 is 5.22. The Morgan fingerprint density at radius 2 is 1.81 bits per heavy atom. The third-order valence-electron chi connectivity index (χ3n) is 3.24. The van der Waals surface area contributed by atoms with E-state index in [0.29, 0.717) is 13.2 Å². The van der Waals surface area contributed by atoms with E-state index < -0.39 is 0 Å². The lowest BCUT2D eigenvalue weighted by Gasteiger charge is -2.14. The lowest BCUT2D eigenvalue weighted by Crippen LogP contribution is -2.23. The lowest BCUT2D eigenvalue weighted by atomic mass is 10.0. The maximum absolute atomic E-state index is 8.62. The second-order valence-corrected chi connectivity index (χ2v) is 4.76. The van der Waals surface area contributed by atoms with Gasteiger partial charge in [-0.15, -0.1) is 0 Å². The van der Waals surface area contributed by atoms with Gasteiger partial charge in [0.05, 0.1) is 19.8 Å². The largest absolute Gasteiger partial charge is 0.394 e. The number of rotatable bonds is 8. The zero-order valence-electron chi connectivity index (χ0n) is 12.2. The monoisotopic (exact) mass is 287 g/mol. The second-order valence-electron chi connectivity index (χ2n) is 4.76. The maximum Gasteiger partial charge on any atom is 0.115 e. The number of hydrogen-bond acceptors (Lipinski definition) is 5. The molecule has 5 nitrogen and oxygen atoms in total. The van der Waals surface area contributed by atoms with Crippen molar-refractivity contribution in [3.63, 3.8) is 0 Å². The molecule has 0 saturated heterocycles. The average molecular weight is 287 g/mol. The predicted octanol–water partition coefficient (Wildman–Crippen LogP) is 1.80. The number of aromatic nitrogens is 2. The third-order valence-corrected chi connectivity index (χ3v) is 3.24. The van der Waals surface area contributed by atoms with Crippen molar-refractivity contribution in [2.24, 2.45) is 0 Å². The highest BCUT2D eigenvalue weighted by atomic mass is 16.5. The Labute approximate surface area is 125 Å². The van der Waals surface area contributed by atoms with Crippen LogP contribution in [0.2, 0.25) is 0 Å². The number of aliphatic hydroxyl groups excluding tert-OH is 1. The topological polar surface area (TPSA) is 67.3 Å². The average Bonchev–Trinajstić information content (AvgIpc) is 2.55. The minimum absolute atomic E-state index is 0.0697. The van der Waals surface area contributed by atoms with Crippen LogP contribution >= 0.6 is 0 Å². The number of benzene rings is 1. The predicted molar refractivity (Wildman–Crippen MR) is 81.8 cm³/mol. The molecule has 2 aromatic rings. The summed E-state index contributed by atoms with van der Waals surface area (Å²) in [5, 5.41) is 12.0. The summed E-state index contributed by atoms with van der Waals surface area (Å²) >= 11 is 0. The standard InChI is InChI=1S/C16H21N3O2/c1-13(19-6-8-21-9-7-20)14-2-4-15(5-3-14)16-10-17-12-18-11-16/h2-5,10-13,19-20H,6-9H2,1H3. The van der Waals surface area contributed by atoms with Gasteiger partial charge in [-0.2, -0.15) is 0 Å². The van der Waals surface area contributed by atoms with Crippen molar-refractivity contribution in [1.82, 2.24) is 15.3 Å². The minimum atomic E-state index is 0.0697. The van der Waals surface area contributed by atoms with Gasteiger partial charge in [0, 0.05) is 30.5 Å². The van der Waals surface area contributed by atoms with Crippen molar-refractivity contribution in [1.29, 1.82) is 0 Å². The van der Waals surface area contributed by atoms with Gasteiger partial charge in [0.1, 0.15) is 6.33 Å². The van der Waals surface area contributed by atoms with Crippen LogP contribution in [-0.2, 0) is 4.74 Å². The molecule has 112 valence electrons. The van der Waals surface area contributed by atoms with E-state index in [1.807, 2.05) is 12.4 Å². The van der Waals surface area contributed by atoms with Crippen LogP contribution in [0.15, 0.2) is 43.0 Å². The summed E-state index contributed by atoms with van der Waals surface area (Å²) in [7, 11) is 0. The molecule has 1 atom stereocenters. The van der Waals surface area contributed by atoms with Crippen LogP contribution in [0.4, 0.5) is 0 Å². The number of aliphatic hydroxyl groups is 1. The summed E-state index contributed by atoms with van der Waals surface area (Å²) in [6.45, 7) is 3.94. The van der Waals surface area contributed by atoms with Gasteiger partial charge in [0.15, 0.2) is 0 Å². The van der Waals surface area contributed by atoms with E-state index in [1.165, 1.54) is 11.9 Å². The van der Waals surface area contributed by atoms with Gasteiger partial charge in [0.25, 0.3) is 0 Å². The molecular weight excluding hydrogens is 266 g/mol. The molecule has 0 aliphatic heterocycles. The first-order chi connectivity index (χ1) is 10.3. The molecule has 0 aliphatic rings. The van der Waals surface area contributed by atoms with E-state index in [-0.39, 0.29) is 12.6 Å². The molecule has 1 aromatic heterocycles. The molecule has 1 heterocycles. The summed E-state index contributed by atoms with van der Waals surface area (Å²) in [5.74, 6) is 0. The normalized spacial score (nSPS) is 12.3. The first-order valence-corrected chi connectivity index (χ1v) is 7.08.